The number of nitrogens with zero attached hydrogens (tertiary/aromatic N) is 3. The lowest BCUT2D eigenvalue weighted by Crippen LogP contribution is -2.28. The molecule has 0 saturated carbocycles. The Hall–Kier alpha value is -6.88. The number of aromatic nitrogens is 3. The SMILES string of the molecule is c1ccc(C2(c3ccccc3)c3ccccc3-c3ccc(-c4nc(-n5c6ccccc6c6cc7ccccc7cc65)c5c(n4)sc4ccccc45)cc32)cc1. The van der Waals surface area contributed by atoms with Crippen molar-refractivity contribution in [3.63, 3.8) is 0 Å². The molecule has 0 bridgehead atoms. The normalized spacial score (nSPS) is 13.2. The molecular weight excluding hydrogens is 687 g/mol. The zero-order valence-electron chi connectivity index (χ0n) is 29.6. The highest BCUT2D eigenvalue weighted by atomic mass is 32.1. The molecule has 1 aliphatic rings. The fourth-order valence-electron chi connectivity index (χ4n) is 9.36. The number of thiophene rings is 1. The van der Waals surface area contributed by atoms with E-state index in [1.807, 2.05) is 0 Å². The van der Waals surface area contributed by atoms with Gasteiger partial charge in [-0.2, -0.15) is 0 Å². The van der Waals surface area contributed by atoms with Gasteiger partial charge in [0, 0.05) is 26.4 Å². The van der Waals surface area contributed by atoms with Crippen LogP contribution in [0.25, 0.3) is 81.2 Å². The highest BCUT2D eigenvalue weighted by Crippen LogP contribution is 2.56. The van der Waals surface area contributed by atoms with E-state index in [2.05, 4.69) is 193 Å². The van der Waals surface area contributed by atoms with Gasteiger partial charge in [-0.25, -0.2) is 9.97 Å². The molecule has 0 amide bonds. The molecule has 0 atom stereocenters. The van der Waals surface area contributed by atoms with Crippen LogP contribution < -0.4 is 0 Å². The first kappa shape index (κ1) is 30.6. The number of hydrogen-bond acceptors (Lipinski definition) is 3. The molecule has 0 saturated heterocycles. The molecule has 0 radical (unpaired) electrons. The van der Waals surface area contributed by atoms with E-state index in [-0.39, 0.29) is 0 Å². The van der Waals surface area contributed by atoms with Crippen molar-refractivity contribution in [2.24, 2.45) is 0 Å². The van der Waals surface area contributed by atoms with Crippen LogP contribution in [0.4, 0.5) is 0 Å². The maximum Gasteiger partial charge on any atom is 0.163 e. The maximum absolute atomic E-state index is 5.64. The van der Waals surface area contributed by atoms with Gasteiger partial charge in [-0.05, 0) is 74.5 Å². The molecular formula is C51H31N3S. The predicted molar refractivity (Wildman–Crippen MR) is 230 cm³/mol. The molecule has 0 spiro atoms. The molecule has 8 aromatic carbocycles. The number of para-hydroxylation sites is 1. The second-order valence-corrected chi connectivity index (χ2v) is 15.5. The fourth-order valence-corrected chi connectivity index (χ4v) is 10.4. The van der Waals surface area contributed by atoms with Crippen molar-refractivity contribution in [3.8, 4) is 28.3 Å². The molecule has 3 aromatic heterocycles. The molecule has 0 aliphatic heterocycles. The third-order valence-electron chi connectivity index (χ3n) is 11.7. The monoisotopic (exact) mass is 717 g/mol. The minimum absolute atomic E-state index is 0.511. The van der Waals surface area contributed by atoms with Gasteiger partial charge in [0.2, 0.25) is 0 Å². The van der Waals surface area contributed by atoms with E-state index in [4.69, 9.17) is 9.97 Å². The van der Waals surface area contributed by atoms with Gasteiger partial charge < -0.3 is 0 Å². The van der Waals surface area contributed by atoms with Gasteiger partial charge in [0.15, 0.2) is 11.6 Å². The van der Waals surface area contributed by atoms with Crippen molar-refractivity contribution in [2.45, 2.75) is 5.41 Å². The summed E-state index contributed by atoms with van der Waals surface area (Å²) in [5.74, 6) is 1.62. The summed E-state index contributed by atoms with van der Waals surface area (Å²) in [6, 6.07) is 68.4. The third-order valence-corrected chi connectivity index (χ3v) is 12.8. The van der Waals surface area contributed by atoms with E-state index in [0.717, 1.165) is 38.5 Å². The number of fused-ring (bicyclic) bond motifs is 10. The van der Waals surface area contributed by atoms with Gasteiger partial charge in [-0.3, -0.25) is 4.57 Å². The van der Waals surface area contributed by atoms with Crippen LogP contribution in [0.2, 0.25) is 0 Å². The van der Waals surface area contributed by atoms with Crippen LogP contribution in [0, 0.1) is 0 Å². The highest BCUT2D eigenvalue weighted by Gasteiger charge is 2.46. The number of benzene rings is 8. The van der Waals surface area contributed by atoms with Crippen LogP contribution in [-0.4, -0.2) is 14.5 Å². The first-order valence-electron chi connectivity index (χ1n) is 18.7. The summed E-state index contributed by atoms with van der Waals surface area (Å²) in [7, 11) is 0. The van der Waals surface area contributed by atoms with Gasteiger partial charge in [-0.1, -0.05) is 158 Å². The van der Waals surface area contributed by atoms with Gasteiger partial charge >= 0.3 is 0 Å². The third kappa shape index (κ3) is 4.26. The van der Waals surface area contributed by atoms with Crippen LogP contribution in [-0.2, 0) is 5.41 Å². The second kappa shape index (κ2) is 11.6. The summed E-state index contributed by atoms with van der Waals surface area (Å²) in [4.78, 5) is 12.0. The van der Waals surface area contributed by atoms with Gasteiger partial charge in [-0.15, -0.1) is 11.3 Å². The molecule has 3 nitrogen and oxygen atoms in total. The molecule has 11 aromatic rings. The van der Waals surface area contributed by atoms with Crippen molar-refractivity contribution in [1.82, 2.24) is 14.5 Å². The van der Waals surface area contributed by atoms with E-state index in [9.17, 15) is 0 Å². The zero-order chi connectivity index (χ0) is 36.1. The van der Waals surface area contributed by atoms with Crippen molar-refractivity contribution >= 4 is 64.2 Å². The van der Waals surface area contributed by atoms with Gasteiger partial charge in [0.1, 0.15) is 4.83 Å². The van der Waals surface area contributed by atoms with Gasteiger partial charge in [0.05, 0.1) is 21.8 Å². The molecule has 3 heterocycles. The number of hydrogen-bond donors (Lipinski definition) is 0. The Morgan fingerprint density at radius 3 is 1.89 bits per heavy atom. The van der Waals surface area contributed by atoms with Crippen LogP contribution in [0.1, 0.15) is 22.3 Å². The first-order valence-corrected chi connectivity index (χ1v) is 19.6. The van der Waals surface area contributed by atoms with E-state index in [0.29, 0.717) is 0 Å². The van der Waals surface area contributed by atoms with Crippen LogP contribution in [0.15, 0.2) is 188 Å². The summed E-state index contributed by atoms with van der Waals surface area (Å²) < 4.78 is 3.58. The van der Waals surface area contributed by atoms with E-state index < -0.39 is 5.41 Å². The molecule has 1 aliphatic carbocycles. The lowest BCUT2D eigenvalue weighted by atomic mass is 9.67. The Labute approximate surface area is 321 Å². The standard InChI is InChI=1S/C51H31N3S/c1-3-17-35(18-4-1)51(36-19-5-2-6-20-36)42-24-12-9-21-37(42)38-28-27-34(30-43(38)51)48-52-49(47-40-23-11-14-26-46(40)55-50(47)53-48)54-44-25-13-10-22-39(44)41-29-32-15-7-8-16-33(32)31-45(41)54/h1-31H. The molecule has 0 unspecified atom stereocenters. The summed E-state index contributed by atoms with van der Waals surface area (Å²) in [5, 5.41) is 7.11. The molecule has 0 N–H and O–H groups in total. The molecule has 256 valence electrons. The van der Waals surface area contributed by atoms with E-state index >= 15 is 0 Å². The Kier molecular flexibility index (Phi) is 6.42. The van der Waals surface area contributed by atoms with Crippen molar-refractivity contribution < 1.29 is 0 Å². The van der Waals surface area contributed by atoms with Crippen molar-refractivity contribution in [3.05, 3.63) is 210 Å². The summed E-state index contributed by atoms with van der Waals surface area (Å²) in [6.07, 6.45) is 0. The first-order chi connectivity index (χ1) is 27.3. The predicted octanol–water partition coefficient (Wildman–Crippen LogP) is 13.1. The molecule has 0 fully saturated rings. The maximum atomic E-state index is 5.64. The Balaban J connectivity index is 1.18. The topological polar surface area (TPSA) is 30.7 Å². The van der Waals surface area contributed by atoms with Crippen LogP contribution in [0.3, 0.4) is 0 Å². The Bertz CT molecular complexity index is 3280. The lowest BCUT2D eigenvalue weighted by Gasteiger charge is -2.34. The molecule has 4 heteroatoms. The average Bonchev–Trinajstić information content (AvgIpc) is 3.89. The minimum Gasteiger partial charge on any atom is -0.293 e. The number of rotatable bonds is 4. The smallest absolute Gasteiger partial charge is 0.163 e. The molecule has 55 heavy (non-hydrogen) atoms. The molecule has 12 rings (SSSR count). The van der Waals surface area contributed by atoms with Crippen LogP contribution >= 0.6 is 11.3 Å². The Morgan fingerprint density at radius 1 is 0.455 bits per heavy atom. The summed E-state index contributed by atoms with van der Waals surface area (Å²) in [6.45, 7) is 0. The van der Waals surface area contributed by atoms with Crippen LogP contribution in [0.5, 0.6) is 0 Å². The zero-order valence-corrected chi connectivity index (χ0v) is 30.5. The van der Waals surface area contributed by atoms with E-state index in [1.54, 1.807) is 11.3 Å². The Morgan fingerprint density at radius 2 is 1.09 bits per heavy atom. The van der Waals surface area contributed by atoms with E-state index in [1.165, 1.54) is 65.0 Å². The van der Waals surface area contributed by atoms with Crippen molar-refractivity contribution in [1.29, 1.82) is 0 Å². The lowest BCUT2D eigenvalue weighted by molar-refractivity contribution is 0.768. The largest absolute Gasteiger partial charge is 0.293 e. The van der Waals surface area contributed by atoms with Gasteiger partial charge in [0.25, 0.3) is 0 Å². The quantitative estimate of drug-likeness (QED) is 0.181. The fraction of sp³-hybridized carbons (Fsp3) is 0.0196. The summed E-state index contributed by atoms with van der Waals surface area (Å²) >= 11 is 1.74. The van der Waals surface area contributed by atoms with Crippen molar-refractivity contribution in [2.75, 3.05) is 0 Å². The minimum atomic E-state index is -0.511. The highest BCUT2D eigenvalue weighted by molar-refractivity contribution is 7.25. The summed E-state index contributed by atoms with van der Waals surface area (Å²) in [5.41, 5.74) is 10.3. The second-order valence-electron chi connectivity index (χ2n) is 14.5. The average molecular weight is 718 g/mol.